The molecule has 1 aromatic rings. The monoisotopic (exact) mass is 279 g/mol. The van der Waals surface area contributed by atoms with Gasteiger partial charge in [-0.15, -0.1) is 0 Å². The van der Waals surface area contributed by atoms with E-state index in [0.29, 0.717) is 19.4 Å². The van der Waals surface area contributed by atoms with E-state index in [9.17, 15) is 4.79 Å². The van der Waals surface area contributed by atoms with E-state index in [-0.39, 0.29) is 18.1 Å². The zero-order chi connectivity index (χ0) is 15.2. The Bertz CT molecular complexity index is 455. The Labute approximate surface area is 121 Å². The van der Waals surface area contributed by atoms with Crippen molar-refractivity contribution in [2.24, 2.45) is 0 Å². The lowest BCUT2D eigenvalue weighted by atomic mass is 10.0. The third-order valence-electron chi connectivity index (χ3n) is 3.29. The minimum absolute atomic E-state index is 0.0619. The number of carbonyl (C=O) groups excluding carboxylic acids is 1. The van der Waals surface area contributed by atoms with Crippen LogP contribution in [0.1, 0.15) is 37.8 Å². The summed E-state index contributed by atoms with van der Waals surface area (Å²) in [6, 6.07) is 5.90. The van der Waals surface area contributed by atoms with E-state index >= 15 is 0 Å². The highest BCUT2D eigenvalue weighted by Crippen LogP contribution is 2.16. The van der Waals surface area contributed by atoms with E-state index in [4.69, 9.17) is 9.84 Å². The molecule has 0 aliphatic carbocycles. The van der Waals surface area contributed by atoms with E-state index in [2.05, 4.69) is 12.2 Å². The number of hydrogen-bond donors (Lipinski definition) is 2. The van der Waals surface area contributed by atoms with Crippen molar-refractivity contribution in [1.29, 1.82) is 0 Å². The standard InChI is InChI=1S/C16H25NO3/c1-12-5-6-14(11-13(12)2)20-10-7-15(19)17-16(3,4)8-9-18/h5-6,11,18H,7-10H2,1-4H3,(H,17,19). The van der Waals surface area contributed by atoms with Crippen LogP contribution in [0.3, 0.4) is 0 Å². The molecule has 4 heteroatoms. The van der Waals surface area contributed by atoms with E-state index in [0.717, 1.165) is 5.75 Å². The highest BCUT2D eigenvalue weighted by Gasteiger charge is 2.19. The smallest absolute Gasteiger partial charge is 0.223 e. The highest BCUT2D eigenvalue weighted by atomic mass is 16.5. The lowest BCUT2D eigenvalue weighted by Crippen LogP contribution is -2.44. The molecule has 1 rings (SSSR count). The molecule has 0 spiro atoms. The second kappa shape index (κ2) is 7.29. The molecule has 2 N–H and O–H groups in total. The molecule has 0 aromatic heterocycles. The fraction of sp³-hybridized carbons (Fsp3) is 0.562. The Morgan fingerprint density at radius 3 is 2.60 bits per heavy atom. The van der Waals surface area contributed by atoms with Gasteiger partial charge >= 0.3 is 0 Å². The van der Waals surface area contributed by atoms with E-state index in [1.54, 1.807) is 0 Å². The van der Waals surface area contributed by atoms with Crippen LogP contribution < -0.4 is 10.1 Å². The average Bonchev–Trinajstić information content (AvgIpc) is 2.32. The summed E-state index contributed by atoms with van der Waals surface area (Å²) in [6.45, 7) is 8.29. The number of amides is 1. The molecule has 0 saturated heterocycles. The number of nitrogens with one attached hydrogen (secondary N) is 1. The first-order valence-corrected chi connectivity index (χ1v) is 6.96. The maximum atomic E-state index is 11.8. The minimum Gasteiger partial charge on any atom is -0.493 e. The van der Waals surface area contributed by atoms with Crippen LogP contribution in [0, 0.1) is 13.8 Å². The van der Waals surface area contributed by atoms with Crippen LogP contribution >= 0.6 is 0 Å². The molecule has 0 heterocycles. The molecule has 0 aliphatic heterocycles. The quantitative estimate of drug-likeness (QED) is 0.805. The molecule has 112 valence electrons. The molecule has 0 saturated carbocycles. The van der Waals surface area contributed by atoms with Gasteiger partial charge in [0, 0.05) is 12.1 Å². The predicted octanol–water partition coefficient (Wildman–Crippen LogP) is 2.35. The van der Waals surface area contributed by atoms with Gasteiger partial charge in [0.2, 0.25) is 5.91 Å². The molecular formula is C16H25NO3. The zero-order valence-corrected chi connectivity index (χ0v) is 12.8. The molecule has 0 fully saturated rings. The third-order valence-corrected chi connectivity index (χ3v) is 3.29. The van der Waals surface area contributed by atoms with Crippen molar-refractivity contribution < 1.29 is 14.6 Å². The van der Waals surface area contributed by atoms with Crippen LogP contribution in [0.2, 0.25) is 0 Å². The Morgan fingerprint density at radius 2 is 2.00 bits per heavy atom. The normalized spacial score (nSPS) is 11.2. The van der Waals surface area contributed by atoms with Gasteiger partial charge in [-0.25, -0.2) is 0 Å². The van der Waals surface area contributed by atoms with Gasteiger partial charge in [-0.2, -0.15) is 0 Å². The van der Waals surface area contributed by atoms with Gasteiger partial charge < -0.3 is 15.2 Å². The van der Waals surface area contributed by atoms with Crippen molar-refractivity contribution in [2.45, 2.75) is 46.1 Å². The largest absolute Gasteiger partial charge is 0.493 e. The van der Waals surface area contributed by atoms with Gasteiger partial charge in [-0.05, 0) is 57.4 Å². The van der Waals surface area contributed by atoms with Crippen LogP contribution in [0.15, 0.2) is 18.2 Å². The second-order valence-corrected chi connectivity index (χ2v) is 5.75. The predicted molar refractivity (Wildman–Crippen MR) is 80.0 cm³/mol. The lowest BCUT2D eigenvalue weighted by Gasteiger charge is -2.25. The summed E-state index contributed by atoms with van der Waals surface area (Å²) < 4.78 is 5.58. The zero-order valence-electron chi connectivity index (χ0n) is 12.8. The molecule has 0 atom stereocenters. The van der Waals surface area contributed by atoms with Crippen LogP contribution in [0.25, 0.3) is 0 Å². The molecule has 20 heavy (non-hydrogen) atoms. The number of aliphatic hydroxyl groups excluding tert-OH is 1. The number of hydrogen-bond acceptors (Lipinski definition) is 3. The molecule has 1 aromatic carbocycles. The summed E-state index contributed by atoms with van der Waals surface area (Å²) in [6.07, 6.45) is 0.846. The van der Waals surface area contributed by atoms with Crippen molar-refractivity contribution in [3.05, 3.63) is 29.3 Å². The summed E-state index contributed by atoms with van der Waals surface area (Å²) in [7, 11) is 0. The summed E-state index contributed by atoms with van der Waals surface area (Å²) in [4.78, 5) is 11.8. The Morgan fingerprint density at radius 1 is 1.30 bits per heavy atom. The van der Waals surface area contributed by atoms with Gasteiger partial charge in [-0.1, -0.05) is 6.07 Å². The maximum absolute atomic E-state index is 11.8. The summed E-state index contributed by atoms with van der Waals surface area (Å²) in [5.74, 6) is 0.725. The number of aliphatic hydroxyl groups is 1. The van der Waals surface area contributed by atoms with E-state index in [1.165, 1.54) is 11.1 Å². The molecule has 0 radical (unpaired) electrons. The maximum Gasteiger partial charge on any atom is 0.223 e. The number of ether oxygens (including phenoxy) is 1. The van der Waals surface area contributed by atoms with Crippen LogP contribution in [0.5, 0.6) is 5.75 Å². The first-order valence-electron chi connectivity index (χ1n) is 6.96. The van der Waals surface area contributed by atoms with Gasteiger partial charge in [0.15, 0.2) is 0 Å². The van der Waals surface area contributed by atoms with E-state index < -0.39 is 0 Å². The summed E-state index contributed by atoms with van der Waals surface area (Å²) in [5.41, 5.74) is 2.02. The molecule has 4 nitrogen and oxygen atoms in total. The van der Waals surface area contributed by atoms with Crippen LogP contribution in [0.4, 0.5) is 0 Å². The first kappa shape index (κ1) is 16.5. The molecule has 0 bridgehead atoms. The van der Waals surface area contributed by atoms with Crippen molar-refractivity contribution in [3.63, 3.8) is 0 Å². The van der Waals surface area contributed by atoms with Crippen molar-refractivity contribution in [3.8, 4) is 5.75 Å². The first-order chi connectivity index (χ1) is 9.34. The summed E-state index contributed by atoms with van der Waals surface area (Å²) >= 11 is 0. The average molecular weight is 279 g/mol. The Hall–Kier alpha value is -1.55. The Balaban J connectivity index is 2.36. The molecule has 1 amide bonds. The highest BCUT2D eigenvalue weighted by molar-refractivity contribution is 5.76. The van der Waals surface area contributed by atoms with Crippen LogP contribution in [-0.2, 0) is 4.79 Å². The third kappa shape index (κ3) is 5.61. The van der Waals surface area contributed by atoms with Crippen molar-refractivity contribution >= 4 is 5.91 Å². The van der Waals surface area contributed by atoms with Crippen LogP contribution in [-0.4, -0.2) is 29.8 Å². The summed E-state index contributed by atoms with van der Waals surface area (Å²) in [5, 5.41) is 11.8. The SMILES string of the molecule is Cc1ccc(OCCC(=O)NC(C)(C)CCO)cc1C. The Kier molecular flexibility index (Phi) is 6.02. The number of benzene rings is 1. The van der Waals surface area contributed by atoms with Crippen molar-refractivity contribution in [2.75, 3.05) is 13.2 Å². The number of aryl methyl sites for hydroxylation is 2. The molecule has 0 unspecified atom stereocenters. The van der Waals surface area contributed by atoms with Gasteiger partial charge in [0.25, 0.3) is 0 Å². The minimum atomic E-state index is -0.383. The van der Waals surface area contributed by atoms with E-state index in [1.807, 2.05) is 39.0 Å². The second-order valence-electron chi connectivity index (χ2n) is 5.75. The lowest BCUT2D eigenvalue weighted by molar-refractivity contribution is -0.123. The fourth-order valence-corrected chi connectivity index (χ4v) is 1.85. The van der Waals surface area contributed by atoms with Gasteiger partial charge in [-0.3, -0.25) is 4.79 Å². The van der Waals surface area contributed by atoms with Crippen molar-refractivity contribution in [1.82, 2.24) is 5.32 Å². The fourth-order valence-electron chi connectivity index (χ4n) is 1.85. The number of rotatable bonds is 7. The topological polar surface area (TPSA) is 58.6 Å². The number of carbonyl (C=O) groups is 1. The van der Waals surface area contributed by atoms with Gasteiger partial charge in [0.1, 0.15) is 5.75 Å². The molecule has 0 aliphatic rings. The van der Waals surface area contributed by atoms with Gasteiger partial charge in [0.05, 0.1) is 13.0 Å². The molecular weight excluding hydrogens is 254 g/mol.